The van der Waals surface area contributed by atoms with Crippen molar-refractivity contribution >= 4 is 6.09 Å². The fourth-order valence-corrected chi connectivity index (χ4v) is 1.54. The zero-order valence-electron chi connectivity index (χ0n) is 11.3. The summed E-state index contributed by atoms with van der Waals surface area (Å²) in [7, 11) is 0. The Morgan fingerprint density at radius 1 is 1.33 bits per heavy atom. The number of hydrogen-bond acceptors (Lipinski definition) is 3. The number of amides is 1. The Kier molecular flexibility index (Phi) is 6.22. The van der Waals surface area contributed by atoms with E-state index in [-0.39, 0.29) is 12.1 Å². The molecule has 0 aliphatic rings. The van der Waals surface area contributed by atoms with Gasteiger partial charge in [0.1, 0.15) is 6.61 Å². The first kappa shape index (κ1) is 14.5. The van der Waals surface area contributed by atoms with Gasteiger partial charge in [-0.25, -0.2) is 15.2 Å². The van der Waals surface area contributed by atoms with Crippen LogP contribution >= 0.6 is 0 Å². The van der Waals surface area contributed by atoms with Crippen LogP contribution in [0.25, 0.3) is 0 Å². The molecule has 100 valence electrons. The highest BCUT2D eigenvalue weighted by atomic mass is 16.6. The minimum Gasteiger partial charge on any atom is -0.444 e. The van der Waals surface area contributed by atoms with Crippen molar-refractivity contribution in [3.8, 4) is 0 Å². The van der Waals surface area contributed by atoms with Gasteiger partial charge in [-0.05, 0) is 18.9 Å². The number of ether oxygens (including phenoxy) is 1. The average Bonchev–Trinajstić information content (AvgIpc) is 2.42. The second-order valence-corrected chi connectivity index (χ2v) is 4.18. The van der Waals surface area contributed by atoms with Crippen molar-refractivity contribution in [2.75, 3.05) is 6.54 Å². The minimum absolute atomic E-state index is 0.119. The monoisotopic (exact) mass is 250 g/mol. The Bertz CT molecular complexity index is 354. The van der Waals surface area contributed by atoms with Crippen molar-refractivity contribution in [1.82, 2.24) is 10.4 Å². The molecule has 1 N–H and O–H groups in total. The molecule has 1 amide bonds. The molecule has 4 nitrogen and oxygen atoms in total. The van der Waals surface area contributed by atoms with Crippen molar-refractivity contribution in [1.29, 1.82) is 0 Å². The molecule has 1 atom stereocenters. The lowest BCUT2D eigenvalue weighted by molar-refractivity contribution is 0.0599. The van der Waals surface area contributed by atoms with Crippen molar-refractivity contribution < 1.29 is 9.53 Å². The number of hydrogen-bond donors (Lipinski definition) is 1. The summed E-state index contributed by atoms with van der Waals surface area (Å²) in [5.41, 5.74) is 4.02. The van der Waals surface area contributed by atoms with Crippen LogP contribution in [0.5, 0.6) is 0 Å². The van der Waals surface area contributed by atoms with Gasteiger partial charge in [-0.1, -0.05) is 44.2 Å². The van der Waals surface area contributed by atoms with Crippen LogP contribution in [-0.2, 0) is 11.3 Å². The molecule has 0 saturated heterocycles. The lowest BCUT2D eigenvalue weighted by Gasteiger charge is -2.27. The van der Waals surface area contributed by atoms with E-state index in [1.165, 1.54) is 0 Å². The average molecular weight is 250 g/mol. The molecular weight excluding hydrogens is 228 g/mol. The third kappa shape index (κ3) is 4.37. The molecule has 0 saturated carbocycles. The third-order valence-electron chi connectivity index (χ3n) is 2.76. The molecule has 0 heterocycles. The zero-order valence-corrected chi connectivity index (χ0v) is 11.3. The van der Waals surface area contributed by atoms with E-state index in [0.717, 1.165) is 12.0 Å². The third-order valence-corrected chi connectivity index (χ3v) is 2.76. The zero-order chi connectivity index (χ0) is 13.4. The van der Waals surface area contributed by atoms with Crippen molar-refractivity contribution in [3.05, 3.63) is 35.9 Å². The topological polar surface area (TPSA) is 41.6 Å². The molecule has 0 radical (unpaired) electrons. The highest BCUT2D eigenvalue weighted by Gasteiger charge is 2.19. The van der Waals surface area contributed by atoms with E-state index < -0.39 is 0 Å². The van der Waals surface area contributed by atoms with Crippen molar-refractivity contribution in [3.63, 3.8) is 0 Å². The molecule has 1 aromatic carbocycles. The molecule has 0 spiro atoms. The van der Waals surface area contributed by atoms with Gasteiger partial charge in [0.15, 0.2) is 0 Å². The Balaban J connectivity index is 2.51. The van der Waals surface area contributed by atoms with Crippen LogP contribution in [0, 0.1) is 0 Å². The Labute approximate surface area is 109 Å². The molecule has 0 aliphatic heterocycles. The highest BCUT2D eigenvalue weighted by molar-refractivity contribution is 5.67. The first-order chi connectivity index (χ1) is 8.69. The van der Waals surface area contributed by atoms with Gasteiger partial charge in [0.25, 0.3) is 0 Å². The lowest BCUT2D eigenvalue weighted by Crippen LogP contribution is -2.48. The van der Waals surface area contributed by atoms with Gasteiger partial charge < -0.3 is 4.74 Å². The van der Waals surface area contributed by atoms with E-state index in [9.17, 15) is 4.79 Å². The first-order valence-corrected chi connectivity index (χ1v) is 6.42. The van der Waals surface area contributed by atoms with Gasteiger partial charge >= 0.3 is 6.09 Å². The molecule has 1 unspecified atom stereocenters. The summed E-state index contributed by atoms with van der Waals surface area (Å²) in [4.78, 5) is 11.9. The van der Waals surface area contributed by atoms with E-state index in [0.29, 0.717) is 13.2 Å². The van der Waals surface area contributed by atoms with Crippen molar-refractivity contribution in [2.24, 2.45) is 0 Å². The van der Waals surface area contributed by atoms with Gasteiger partial charge in [0.2, 0.25) is 0 Å². The number of nitrogens with zero attached hydrogens (tertiary/aromatic N) is 1. The molecule has 18 heavy (non-hydrogen) atoms. The summed E-state index contributed by atoms with van der Waals surface area (Å²) in [5, 5.41) is 1.56. The molecule has 1 aromatic rings. The van der Waals surface area contributed by atoms with Gasteiger partial charge in [-0.2, -0.15) is 0 Å². The predicted octanol–water partition coefficient (Wildman–Crippen LogP) is 2.95. The maximum Gasteiger partial charge on any atom is 0.424 e. The smallest absolute Gasteiger partial charge is 0.424 e. The van der Waals surface area contributed by atoms with Crippen molar-refractivity contribution in [2.45, 2.75) is 39.8 Å². The van der Waals surface area contributed by atoms with E-state index >= 15 is 0 Å². The normalized spacial score (nSPS) is 11.9. The number of carbonyl (C=O) groups excluding carboxylic acids is 1. The Morgan fingerprint density at radius 2 is 2.00 bits per heavy atom. The number of nitrogens with one attached hydrogen (secondary N) is 1. The number of rotatable bonds is 6. The van der Waals surface area contributed by atoms with Gasteiger partial charge in [0, 0.05) is 12.6 Å². The SMILES string of the molecule is CCNN(C(=O)OCc1ccccc1)C(C)CC. The van der Waals surface area contributed by atoms with E-state index in [4.69, 9.17) is 4.74 Å². The van der Waals surface area contributed by atoms with Crippen LogP contribution in [0.15, 0.2) is 30.3 Å². The van der Waals surface area contributed by atoms with Crippen LogP contribution in [0.1, 0.15) is 32.8 Å². The molecule has 0 bridgehead atoms. The summed E-state index contributed by atoms with van der Waals surface area (Å²) >= 11 is 0. The fourth-order valence-electron chi connectivity index (χ4n) is 1.54. The van der Waals surface area contributed by atoms with Crippen LogP contribution in [0.2, 0.25) is 0 Å². The van der Waals surface area contributed by atoms with Gasteiger partial charge in [-0.3, -0.25) is 0 Å². The molecule has 0 aliphatic carbocycles. The molecule has 0 fully saturated rings. The summed E-state index contributed by atoms with van der Waals surface area (Å²) in [6.07, 6.45) is 0.558. The molecular formula is C14H22N2O2. The van der Waals surface area contributed by atoms with E-state index in [1.54, 1.807) is 5.01 Å². The second kappa shape index (κ2) is 7.71. The fraction of sp³-hybridized carbons (Fsp3) is 0.500. The largest absolute Gasteiger partial charge is 0.444 e. The van der Waals surface area contributed by atoms with E-state index in [2.05, 4.69) is 5.43 Å². The van der Waals surface area contributed by atoms with Crippen LogP contribution in [0.4, 0.5) is 4.79 Å². The summed E-state index contributed by atoms with van der Waals surface area (Å²) in [5.74, 6) is 0. The number of benzene rings is 1. The Morgan fingerprint density at radius 3 is 2.56 bits per heavy atom. The highest BCUT2D eigenvalue weighted by Crippen LogP contribution is 2.06. The lowest BCUT2D eigenvalue weighted by atomic mass is 10.2. The Hall–Kier alpha value is -1.55. The van der Waals surface area contributed by atoms with Gasteiger partial charge in [-0.15, -0.1) is 0 Å². The summed E-state index contributed by atoms with van der Waals surface area (Å²) in [6.45, 7) is 6.99. The predicted molar refractivity (Wildman–Crippen MR) is 71.9 cm³/mol. The maximum atomic E-state index is 11.9. The van der Waals surface area contributed by atoms with Crippen LogP contribution in [-0.4, -0.2) is 23.7 Å². The number of hydrazine groups is 1. The minimum atomic E-state index is -0.324. The number of carbonyl (C=O) groups is 1. The molecule has 1 rings (SSSR count). The van der Waals surface area contributed by atoms with Crippen LogP contribution < -0.4 is 5.43 Å². The molecule has 0 aromatic heterocycles. The van der Waals surface area contributed by atoms with Crippen LogP contribution in [0.3, 0.4) is 0 Å². The van der Waals surface area contributed by atoms with E-state index in [1.807, 2.05) is 51.1 Å². The summed E-state index contributed by atoms with van der Waals surface area (Å²) < 4.78 is 5.29. The van der Waals surface area contributed by atoms with Gasteiger partial charge in [0.05, 0.1) is 0 Å². The first-order valence-electron chi connectivity index (χ1n) is 6.42. The second-order valence-electron chi connectivity index (χ2n) is 4.18. The standard InChI is InChI=1S/C14H22N2O2/c1-4-12(3)16(15-5-2)14(17)18-11-13-9-7-6-8-10-13/h6-10,12,15H,4-5,11H2,1-3H3. The summed E-state index contributed by atoms with van der Waals surface area (Å²) in [6, 6.07) is 9.80. The maximum absolute atomic E-state index is 11.9. The quantitative estimate of drug-likeness (QED) is 0.789. The molecule has 4 heteroatoms.